The zero-order valence-electron chi connectivity index (χ0n) is 17.2. The van der Waals surface area contributed by atoms with Gasteiger partial charge < -0.3 is 14.3 Å². The lowest BCUT2D eigenvalue weighted by Gasteiger charge is -2.36. The Labute approximate surface area is 184 Å². The van der Waals surface area contributed by atoms with Crippen LogP contribution in [0.15, 0.2) is 77.6 Å². The molecule has 7 nitrogen and oxygen atoms in total. The summed E-state index contributed by atoms with van der Waals surface area (Å²) in [6.07, 6.45) is 3.56. The number of benzene rings is 2. The van der Waals surface area contributed by atoms with Crippen LogP contribution in [0.25, 0.3) is 22.8 Å². The molecule has 0 spiro atoms. The summed E-state index contributed by atoms with van der Waals surface area (Å²) in [7, 11) is 0. The summed E-state index contributed by atoms with van der Waals surface area (Å²) >= 11 is 0. The molecular formula is C24H20FN5O2. The lowest BCUT2D eigenvalue weighted by atomic mass is 10.1. The van der Waals surface area contributed by atoms with E-state index in [1.54, 1.807) is 48.8 Å². The minimum absolute atomic E-state index is 0.00320. The molecule has 0 unspecified atom stereocenters. The number of carbonyl (C=O) groups excluding carboxylic acids is 1. The summed E-state index contributed by atoms with van der Waals surface area (Å²) < 4.78 is 18.5. The van der Waals surface area contributed by atoms with Crippen LogP contribution >= 0.6 is 0 Å². The molecule has 160 valence electrons. The van der Waals surface area contributed by atoms with Crippen molar-refractivity contribution in [1.29, 1.82) is 0 Å². The van der Waals surface area contributed by atoms with Gasteiger partial charge in [0.2, 0.25) is 5.82 Å². The second-order valence-corrected chi connectivity index (χ2v) is 7.49. The van der Waals surface area contributed by atoms with Gasteiger partial charge in [-0.2, -0.15) is 4.98 Å². The van der Waals surface area contributed by atoms with E-state index in [2.05, 4.69) is 20.0 Å². The van der Waals surface area contributed by atoms with Crippen LogP contribution in [0.1, 0.15) is 10.4 Å². The Morgan fingerprint density at radius 1 is 0.844 bits per heavy atom. The van der Waals surface area contributed by atoms with E-state index in [0.717, 1.165) is 18.8 Å². The van der Waals surface area contributed by atoms with Gasteiger partial charge in [0, 0.05) is 61.0 Å². The van der Waals surface area contributed by atoms with Gasteiger partial charge in [0.15, 0.2) is 0 Å². The third kappa shape index (κ3) is 4.07. The van der Waals surface area contributed by atoms with Crippen molar-refractivity contribution >= 4 is 11.6 Å². The molecule has 1 saturated heterocycles. The van der Waals surface area contributed by atoms with Crippen molar-refractivity contribution in [2.45, 2.75) is 0 Å². The molecule has 0 N–H and O–H groups in total. The van der Waals surface area contributed by atoms with Crippen molar-refractivity contribution in [3.63, 3.8) is 0 Å². The van der Waals surface area contributed by atoms with E-state index < -0.39 is 0 Å². The Morgan fingerprint density at radius 3 is 2.19 bits per heavy atom. The van der Waals surface area contributed by atoms with E-state index in [-0.39, 0.29) is 11.7 Å². The second-order valence-electron chi connectivity index (χ2n) is 7.49. The fraction of sp³-hybridized carbons (Fsp3) is 0.167. The largest absolute Gasteiger partial charge is 0.368 e. The van der Waals surface area contributed by atoms with E-state index in [1.807, 2.05) is 17.0 Å². The summed E-state index contributed by atoms with van der Waals surface area (Å²) in [4.78, 5) is 25.5. The average Bonchev–Trinajstić information content (AvgIpc) is 3.35. The van der Waals surface area contributed by atoms with Crippen LogP contribution in [0.2, 0.25) is 0 Å². The molecule has 1 amide bonds. The molecule has 3 heterocycles. The first kappa shape index (κ1) is 19.9. The first-order valence-corrected chi connectivity index (χ1v) is 10.3. The summed E-state index contributed by atoms with van der Waals surface area (Å²) in [5, 5.41) is 3.96. The maximum atomic E-state index is 13.1. The molecule has 32 heavy (non-hydrogen) atoms. The molecule has 0 bridgehead atoms. The molecular weight excluding hydrogens is 409 g/mol. The Kier molecular flexibility index (Phi) is 5.33. The third-order valence-corrected chi connectivity index (χ3v) is 5.50. The molecule has 8 heteroatoms. The highest BCUT2D eigenvalue weighted by molar-refractivity contribution is 5.94. The standard InChI is InChI=1S/C24H20FN5O2/c25-20-7-5-17(6-8-20)22-27-23(32-28-22)18-1-3-19(4-2-18)24(31)30-15-13-29(14-16-30)21-9-11-26-12-10-21/h1-12H,13-16H2. The van der Waals surface area contributed by atoms with Crippen molar-refractivity contribution in [1.82, 2.24) is 20.0 Å². The SMILES string of the molecule is O=C(c1ccc(-c2nc(-c3ccc(F)cc3)no2)cc1)N1CCN(c2ccncc2)CC1. The topological polar surface area (TPSA) is 75.4 Å². The van der Waals surface area contributed by atoms with Crippen LogP contribution in [-0.4, -0.2) is 52.1 Å². The van der Waals surface area contributed by atoms with Crippen molar-refractivity contribution in [3.05, 3.63) is 84.4 Å². The number of aromatic nitrogens is 3. The van der Waals surface area contributed by atoms with Gasteiger partial charge in [-0.05, 0) is 60.7 Å². The molecule has 0 saturated carbocycles. The monoisotopic (exact) mass is 429 g/mol. The summed E-state index contributed by atoms with van der Waals surface area (Å²) in [5.41, 5.74) is 3.12. The number of rotatable bonds is 4. The number of piperazine rings is 1. The molecule has 2 aromatic heterocycles. The van der Waals surface area contributed by atoms with Crippen LogP contribution in [-0.2, 0) is 0 Å². The second kappa shape index (κ2) is 8.58. The summed E-state index contributed by atoms with van der Waals surface area (Å²) in [5.74, 6) is 0.404. The van der Waals surface area contributed by atoms with Crippen LogP contribution < -0.4 is 4.90 Å². The molecule has 0 aliphatic carbocycles. The average molecular weight is 429 g/mol. The highest BCUT2D eigenvalue weighted by atomic mass is 19.1. The van der Waals surface area contributed by atoms with E-state index in [1.165, 1.54) is 12.1 Å². The number of hydrogen-bond donors (Lipinski definition) is 0. The van der Waals surface area contributed by atoms with Crippen molar-refractivity contribution in [2.75, 3.05) is 31.1 Å². The number of halogens is 1. The normalized spacial score (nSPS) is 13.9. The van der Waals surface area contributed by atoms with Gasteiger partial charge in [-0.15, -0.1) is 0 Å². The zero-order valence-corrected chi connectivity index (χ0v) is 17.2. The highest BCUT2D eigenvalue weighted by Gasteiger charge is 2.22. The minimum Gasteiger partial charge on any atom is -0.368 e. The van der Waals surface area contributed by atoms with Gasteiger partial charge in [-0.3, -0.25) is 9.78 Å². The van der Waals surface area contributed by atoms with Gasteiger partial charge >= 0.3 is 0 Å². The third-order valence-electron chi connectivity index (χ3n) is 5.50. The van der Waals surface area contributed by atoms with Crippen LogP contribution in [0.3, 0.4) is 0 Å². The molecule has 1 aliphatic rings. The number of hydrogen-bond acceptors (Lipinski definition) is 6. The van der Waals surface area contributed by atoms with Crippen molar-refractivity contribution in [2.24, 2.45) is 0 Å². The first-order chi connectivity index (χ1) is 15.7. The number of amides is 1. The number of pyridine rings is 1. The first-order valence-electron chi connectivity index (χ1n) is 10.3. The van der Waals surface area contributed by atoms with Gasteiger partial charge in [0.25, 0.3) is 11.8 Å². The Balaban J connectivity index is 1.24. The smallest absolute Gasteiger partial charge is 0.258 e. The van der Waals surface area contributed by atoms with Gasteiger partial charge in [-0.25, -0.2) is 4.39 Å². The van der Waals surface area contributed by atoms with E-state index >= 15 is 0 Å². The zero-order chi connectivity index (χ0) is 21.9. The molecule has 5 rings (SSSR count). The minimum atomic E-state index is -0.323. The fourth-order valence-electron chi connectivity index (χ4n) is 3.72. The van der Waals surface area contributed by atoms with Crippen LogP contribution in [0, 0.1) is 5.82 Å². The lowest BCUT2D eigenvalue weighted by molar-refractivity contribution is 0.0747. The molecule has 1 aliphatic heterocycles. The predicted octanol–water partition coefficient (Wildman–Crippen LogP) is 3.90. The van der Waals surface area contributed by atoms with E-state index in [0.29, 0.717) is 41.5 Å². The molecule has 0 atom stereocenters. The van der Waals surface area contributed by atoms with Gasteiger partial charge in [-0.1, -0.05) is 5.16 Å². The van der Waals surface area contributed by atoms with Gasteiger partial charge in [0.05, 0.1) is 0 Å². The van der Waals surface area contributed by atoms with Crippen LogP contribution in [0.4, 0.5) is 10.1 Å². The lowest BCUT2D eigenvalue weighted by Crippen LogP contribution is -2.48. The Hall–Kier alpha value is -4.07. The fourth-order valence-corrected chi connectivity index (χ4v) is 3.72. The summed E-state index contributed by atoms with van der Waals surface area (Å²) in [6, 6.07) is 17.0. The van der Waals surface area contributed by atoms with Gasteiger partial charge in [0.1, 0.15) is 5.82 Å². The Bertz CT molecular complexity index is 1200. The molecule has 2 aromatic carbocycles. The Morgan fingerprint density at radius 2 is 1.50 bits per heavy atom. The quantitative estimate of drug-likeness (QED) is 0.490. The van der Waals surface area contributed by atoms with E-state index in [9.17, 15) is 9.18 Å². The number of anilines is 1. The molecule has 0 radical (unpaired) electrons. The molecule has 1 fully saturated rings. The predicted molar refractivity (Wildman–Crippen MR) is 117 cm³/mol. The summed E-state index contributed by atoms with van der Waals surface area (Å²) in [6.45, 7) is 2.88. The number of carbonyl (C=O) groups is 1. The number of nitrogens with zero attached hydrogens (tertiary/aromatic N) is 5. The maximum Gasteiger partial charge on any atom is 0.258 e. The maximum absolute atomic E-state index is 13.1. The highest BCUT2D eigenvalue weighted by Crippen LogP contribution is 2.23. The van der Waals surface area contributed by atoms with Crippen molar-refractivity contribution in [3.8, 4) is 22.8 Å². The van der Waals surface area contributed by atoms with Crippen molar-refractivity contribution < 1.29 is 13.7 Å². The van der Waals surface area contributed by atoms with E-state index in [4.69, 9.17) is 4.52 Å². The molecule has 4 aromatic rings. The van der Waals surface area contributed by atoms with Crippen LogP contribution in [0.5, 0.6) is 0 Å².